The fourth-order valence-corrected chi connectivity index (χ4v) is 3.62. The molecule has 0 radical (unpaired) electrons. The van der Waals surface area contributed by atoms with E-state index in [4.69, 9.17) is 0 Å². The molecular formula is C14H24N2O. The van der Waals surface area contributed by atoms with Crippen LogP contribution >= 0.6 is 0 Å². The average molecular weight is 236 g/mol. The van der Waals surface area contributed by atoms with E-state index in [2.05, 4.69) is 17.6 Å². The molecule has 2 N–H and O–H groups in total. The molecule has 1 saturated heterocycles. The molecule has 1 heterocycles. The van der Waals surface area contributed by atoms with Crippen LogP contribution < -0.4 is 10.6 Å². The van der Waals surface area contributed by atoms with Gasteiger partial charge in [0.1, 0.15) is 0 Å². The van der Waals surface area contributed by atoms with E-state index in [0.717, 1.165) is 18.3 Å². The van der Waals surface area contributed by atoms with E-state index in [9.17, 15) is 4.79 Å². The highest BCUT2D eigenvalue weighted by atomic mass is 16.2. The summed E-state index contributed by atoms with van der Waals surface area (Å²) in [5.74, 6) is 1.90. The summed E-state index contributed by atoms with van der Waals surface area (Å²) in [6.45, 7) is 2.26. The molecule has 1 amide bonds. The van der Waals surface area contributed by atoms with Crippen LogP contribution in [0.2, 0.25) is 0 Å². The summed E-state index contributed by atoms with van der Waals surface area (Å²) in [5, 5.41) is 6.70. The Bertz CT molecular complexity index is 295. The highest BCUT2D eigenvalue weighted by molar-refractivity contribution is 5.82. The minimum absolute atomic E-state index is 0.112. The Kier molecular flexibility index (Phi) is 3.12. The number of amides is 1. The first-order valence-corrected chi connectivity index (χ1v) is 7.32. The minimum atomic E-state index is 0.112. The van der Waals surface area contributed by atoms with Crippen molar-refractivity contribution in [1.29, 1.82) is 0 Å². The molecule has 3 rings (SSSR count). The fourth-order valence-electron chi connectivity index (χ4n) is 3.62. The zero-order valence-corrected chi connectivity index (χ0v) is 10.7. The number of nitrogens with one attached hydrogen (secondary N) is 2. The van der Waals surface area contributed by atoms with Crippen LogP contribution in [0.25, 0.3) is 0 Å². The minimum Gasteiger partial charge on any atom is -0.352 e. The Morgan fingerprint density at radius 1 is 1.29 bits per heavy atom. The monoisotopic (exact) mass is 236 g/mol. The molecule has 0 aromatic heterocycles. The van der Waals surface area contributed by atoms with Crippen LogP contribution in [0.3, 0.4) is 0 Å². The second kappa shape index (κ2) is 4.60. The summed E-state index contributed by atoms with van der Waals surface area (Å²) in [5.41, 5.74) is 0. The lowest BCUT2D eigenvalue weighted by atomic mass is 9.84. The summed E-state index contributed by atoms with van der Waals surface area (Å²) in [6.07, 6.45) is 8.65. The standard InChI is InChI=1S/C14H24N2O/c1-2-9-4-3-5-11(6-9)15-14(17)13-8-10-7-12(10)16-13/h9-13,16H,2-8H2,1H3,(H,15,17)/t9-,10-,11+,12-,13+/m1/s1. The molecular weight excluding hydrogens is 212 g/mol. The van der Waals surface area contributed by atoms with Gasteiger partial charge < -0.3 is 10.6 Å². The van der Waals surface area contributed by atoms with Crippen molar-refractivity contribution in [3.63, 3.8) is 0 Å². The van der Waals surface area contributed by atoms with E-state index >= 15 is 0 Å². The summed E-state index contributed by atoms with van der Waals surface area (Å²) < 4.78 is 0. The SMILES string of the molecule is CC[C@@H]1CCC[C@H](NC(=O)[C@@H]2C[C@H]3C[C@H]3N2)C1. The largest absolute Gasteiger partial charge is 0.352 e. The van der Waals surface area contributed by atoms with E-state index < -0.39 is 0 Å². The predicted molar refractivity (Wildman–Crippen MR) is 67.6 cm³/mol. The van der Waals surface area contributed by atoms with Crippen LogP contribution in [-0.4, -0.2) is 24.0 Å². The van der Waals surface area contributed by atoms with Gasteiger partial charge in [0.05, 0.1) is 6.04 Å². The van der Waals surface area contributed by atoms with E-state index in [0.29, 0.717) is 12.1 Å². The fraction of sp³-hybridized carbons (Fsp3) is 0.929. The van der Waals surface area contributed by atoms with Crippen LogP contribution in [0, 0.1) is 11.8 Å². The third-order valence-corrected chi connectivity index (χ3v) is 4.90. The lowest BCUT2D eigenvalue weighted by Gasteiger charge is -2.30. The maximum absolute atomic E-state index is 12.1. The van der Waals surface area contributed by atoms with E-state index in [-0.39, 0.29) is 11.9 Å². The van der Waals surface area contributed by atoms with Crippen molar-refractivity contribution in [2.45, 2.75) is 70.0 Å². The molecule has 5 atom stereocenters. The van der Waals surface area contributed by atoms with Crippen LogP contribution in [-0.2, 0) is 4.79 Å². The zero-order valence-electron chi connectivity index (χ0n) is 10.7. The van der Waals surface area contributed by atoms with E-state index in [1.807, 2.05) is 0 Å². The van der Waals surface area contributed by atoms with Gasteiger partial charge in [-0.25, -0.2) is 0 Å². The molecule has 2 aliphatic carbocycles. The van der Waals surface area contributed by atoms with Gasteiger partial charge in [0.15, 0.2) is 0 Å². The number of fused-ring (bicyclic) bond motifs is 1. The number of rotatable bonds is 3. The van der Waals surface area contributed by atoms with Gasteiger partial charge >= 0.3 is 0 Å². The Morgan fingerprint density at radius 3 is 2.88 bits per heavy atom. The molecule has 3 fully saturated rings. The number of carbonyl (C=O) groups is 1. The van der Waals surface area contributed by atoms with Crippen molar-refractivity contribution in [2.75, 3.05) is 0 Å². The first kappa shape index (κ1) is 11.5. The van der Waals surface area contributed by atoms with Crippen molar-refractivity contribution < 1.29 is 4.79 Å². The lowest BCUT2D eigenvalue weighted by molar-refractivity contribution is -0.124. The summed E-state index contributed by atoms with van der Waals surface area (Å²) in [6, 6.07) is 1.22. The molecule has 0 aromatic rings. The number of carbonyl (C=O) groups excluding carboxylic acids is 1. The molecule has 0 unspecified atom stereocenters. The zero-order chi connectivity index (χ0) is 11.8. The van der Waals surface area contributed by atoms with E-state index in [1.165, 1.54) is 38.5 Å². The van der Waals surface area contributed by atoms with Crippen LogP contribution in [0.1, 0.15) is 51.9 Å². The number of piperidine rings is 1. The first-order chi connectivity index (χ1) is 8.26. The lowest BCUT2D eigenvalue weighted by Crippen LogP contribution is -2.47. The topological polar surface area (TPSA) is 41.1 Å². The van der Waals surface area contributed by atoms with Gasteiger partial charge in [-0.1, -0.05) is 26.2 Å². The van der Waals surface area contributed by atoms with Gasteiger partial charge in [0.25, 0.3) is 0 Å². The third-order valence-electron chi connectivity index (χ3n) is 4.90. The molecule has 0 bridgehead atoms. The van der Waals surface area contributed by atoms with Gasteiger partial charge in [0, 0.05) is 12.1 Å². The Balaban J connectivity index is 1.47. The number of hydrogen-bond donors (Lipinski definition) is 2. The van der Waals surface area contributed by atoms with Crippen LogP contribution in [0.4, 0.5) is 0 Å². The quantitative estimate of drug-likeness (QED) is 0.785. The van der Waals surface area contributed by atoms with Gasteiger partial charge in [0.2, 0.25) is 5.91 Å². The molecule has 17 heavy (non-hydrogen) atoms. The molecule has 3 aliphatic rings. The third kappa shape index (κ3) is 2.49. The van der Waals surface area contributed by atoms with Crippen LogP contribution in [0.5, 0.6) is 0 Å². The maximum atomic E-state index is 12.1. The van der Waals surface area contributed by atoms with Crippen molar-refractivity contribution >= 4 is 5.91 Å². The van der Waals surface area contributed by atoms with Gasteiger partial charge in [-0.3, -0.25) is 4.79 Å². The average Bonchev–Trinajstić information content (AvgIpc) is 2.96. The summed E-state index contributed by atoms with van der Waals surface area (Å²) >= 11 is 0. The Labute approximate surface area is 104 Å². The van der Waals surface area contributed by atoms with Crippen molar-refractivity contribution in [1.82, 2.24) is 10.6 Å². The van der Waals surface area contributed by atoms with Gasteiger partial charge in [-0.05, 0) is 37.5 Å². The van der Waals surface area contributed by atoms with Gasteiger partial charge in [-0.15, -0.1) is 0 Å². The summed E-state index contributed by atoms with van der Waals surface area (Å²) in [7, 11) is 0. The van der Waals surface area contributed by atoms with Crippen molar-refractivity contribution in [3.05, 3.63) is 0 Å². The Morgan fingerprint density at radius 2 is 2.18 bits per heavy atom. The van der Waals surface area contributed by atoms with E-state index in [1.54, 1.807) is 0 Å². The predicted octanol–water partition coefficient (Wildman–Crippen LogP) is 1.82. The highest BCUT2D eigenvalue weighted by Crippen LogP contribution is 2.40. The molecule has 3 heteroatoms. The molecule has 0 spiro atoms. The second-order valence-electron chi connectivity index (χ2n) is 6.20. The molecule has 96 valence electrons. The van der Waals surface area contributed by atoms with Crippen LogP contribution in [0.15, 0.2) is 0 Å². The number of hydrogen-bond acceptors (Lipinski definition) is 2. The highest BCUT2D eigenvalue weighted by Gasteiger charge is 2.48. The first-order valence-electron chi connectivity index (χ1n) is 7.32. The van der Waals surface area contributed by atoms with Crippen molar-refractivity contribution in [3.8, 4) is 0 Å². The smallest absolute Gasteiger partial charge is 0.237 e. The van der Waals surface area contributed by atoms with Crippen molar-refractivity contribution in [2.24, 2.45) is 11.8 Å². The second-order valence-corrected chi connectivity index (χ2v) is 6.20. The molecule has 3 nitrogen and oxygen atoms in total. The molecule has 0 aromatic carbocycles. The maximum Gasteiger partial charge on any atom is 0.237 e. The normalized spacial score (nSPS) is 44.2. The Hall–Kier alpha value is -0.570. The molecule has 1 aliphatic heterocycles. The van der Waals surface area contributed by atoms with Gasteiger partial charge in [-0.2, -0.15) is 0 Å². The summed E-state index contributed by atoms with van der Waals surface area (Å²) in [4.78, 5) is 12.1. The molecule has 2 saturated carbocycles.